The summed E-state index contributed by atoms with van der Waals surface area (Å²) in [5.41, 5.74) is 6.56. The molecule has 0 aliphatic rings. The van der Waals surface area contributed by atoms with E-state index in [4.69, 9.17) is 5.73 Å². The second kappa shape index (κ2) is 6.53. The third kappa shape index (κ3) is 3.98. The Labute approximate surface area is 90.7 Å². The Morgan fingerprint density at radius 2 is 2.00 bits per heavy atom. The number of hydrogen-bond donors (Lipinski definition) is 2. The molecule has 1 aromatic rings. The Morgan fingerprint density at radius 1 is 1.33 bits per heavy atom. The van der Waals surface area contributed by atoms with Crippen molar-refractivity contribution in [1.82, 2.24) is 5.32 Å². The summed E-state index contributed by atoms with van der Waals surface area (Å²) < 4.78 is 12.7. The molecule has 0 saturated heterocycles. The highest BCUT2D eigenvalue weighted by molar-refractivity contribution is 5.19. The highest BCUT2D eigenvalue weighted by Gasteiger charge is 2.07. The Morgan fingerprint density at radius 3 is 2.53 bits per heavy atom. The predicted octanol–water partition coefficient (Wildman–Crippen LogP) is 2.22. The number of hydrogen-bond acceptors (Lipinski definition) is 2. The van der Waals surface area contributed by atoms with Crippen molar-refractivity contribution < 1.29 is 4.39 Å². The number of nitrogens with two attached hydrogens (primary N) is 1. The molecule has 0 aromatic heterocycles. The third-order valence-electron chi connectivity index (χ3n) is 2.45. The zero-order valence-corrected chi connectivity index (χ0v) is 9.17. The van der Waals surface area contributed by atoms with Crippen molar-refractivity contribution in [1.29, 1.82) is 0 Å². The second-order valence-corrected chi connectivity index (χ2v) is 3.61. The molecule has 2 nitrogen and oxygen atoms in total. The molecule has 15 heavy (non-hydrogen) atoms. The average molecular weight is 210 g/mol. The van der Waals surface area contributed by atoms with Crippen LogP contribution in [0.2, 0.25) is 0 Å². The Bertz CT molecular complexity index is 271. The summed E-state index contributed by atoms with van der Waals surface area (Å²) in [7, 11) is 0. The molecule has 0 amide bonds. The van der Waals surface area contributed by atoms with Gasteiger partial charge >= 0.3 is 0 Å². The van der Waals surface area contributed by atoms with Gasteiger partial charge in [-0.25, -0.2) is 4.39 Å². The summed E-state index contributed by atoms with van der Waals surface area (Å²) >= 11 is 0. The van der Waals surface area contributed by atoms with Gasteiger partial charge in [0.2, 0.25) is 0 Å². The predicted molar refractivity (Wildman–Crippen MR) is 61.1 cm³/mol. The van der Waals surface area contributed by atoms with E-state index in [0.29, 0.717) is 12.6 Å². The summed E-state index contributed by atoms with van der Waals surface area (Å²) in [5.74, 6) is -0.185. The maximum atomic E-state index is 12.7. The van der Waals surface area contributed by atoms with E-state index < -0.39 is 0 Å². The van der Waals surface area contributed by atoms with Crippen molar-refractivity contribution in [2.75, 3.05) is 13.1 Å². The van der Waals surface area contributed by atoms with Crippen molar-refractivity contribution in [2.45, 2.75) is 25.8 Å². The van der Waals surface area contributed by atoms with Crippen LogP contribution in [-0.4, -0.2) is 13.1 Å². The van der Waals surface area contributed by atoms with Gasteiger partial charge in [0.05, 0.1) is 0 Å². The van der Waals surface area contributed by atoms with E-state index in [9.17, 15) is 4.39 Å². The molecular weight excluding hydrogens is 191 g/mol. The summed E-state index contributed by atoms with van der Waals surface area (Å²) in [4.78, 5) is 0. The van der Waals surface area contributed by atoms with Crippen molar-refractivity contribution >= 4 is 0 Å². The number of nitrogens with one attached hydrogen (secondary N) is 1. The Balaban J connectivity index is 2.53. The van der Waals surface area contributed by atoms with Crippen LogP contribution in [0.1, 0.15) is 31.4 Å². The number of halogens is 1. The highest BCUT2D eigenvalue weighted by atomic mass is 19.1. The standard InChI is InChI=1S/C12H19FN2/c1-2-12(15-9-3-8-14)10-4-6-11(13)7-5-10/h4-7,12,15H,2-3,8-9,14H2,1H3. The molecule has 1 rings (SSSR count). The lowest BCUT2D eigenvalue weighted by atomic mass is 10.0. The Hall–Kier alpha value is -0.930. The first-order valence-electron chi connectivity index (χ1n) is 5.46. The third-order valence-corrected chi connectivity index (χ3v) is 2.45. The van der Waals surface area contributed by atoms with Crippen LogP contribution in [0.15, 0.2) is 24.3 Å². The van der Waals surface area contributed by atoms with E-state index in [-0.39, 0.29) is 5.82 Å². The summed E-state index contributed by atoms with van der Waals surface area (Å²) in [5, 5.41) is 3.40. The molecule has 1 atom stereocenters. The van der Waals surface area contributed by atoms with E-state index in [0.717, 1.165) is 24.9 Å². The minimum atomic E-state index is -0.185. The van der Waals surface area contributed by atoms with Crippen LogP contribution < -0.4 is 11.1 Å². The smallest absolute Gasteiger partial charge is 0.123 e. The molecule has 0 aliphatic carbocycles. The van der Waals surface area contributed by atoms with Gasteiger partial charge in [-0.3, -0.25) is 0 Å². The first kappa shape index (κ1) is 12.1. The molecule has 84 valence electrons. The fourth-order valence-corrected chi connectivity index (χ4v) is 1.57. The van der Waals surface area contributed by atoms with Gasteiger partial charge in [0, 0.05) is 6.04 Å². The molecule has 0 fully saturated rings. The molecular formula is C12H19FN2. The summed E-state index contributed by atoms with van der Waals surface area (Å²) in [6, 6.07) is 6.97. The van der Waals surface area contributed by atoms with Gasteiger partial charge in [-0.1, -0.05) is 19.1 Å². The van der Waals surface area contributed by atoms with Crippen LogP contribution >= 0.6 is 0 Å². The maximum absolute atomic E-state index is 12.7. The van der Waals surface area contributed by atoms with E-state index in [1.807, 2.05) is 12.1 Å². The van der Waals surface area contributed by atoms with Crippen LogP contribution in [0.5, 0.6) is 0 Å². The van der Waals surface area contributed by atoms with Crippen molar-refractivity contribution in [2.24, 2.45) is 5.73 Å². The van der Waals surface area contributed by atoms with Gasteiger partial charge in [-0.05, 0) is 43.6 Å². The van der Waals surface area contributed by atoms with Gasteiger partial charge < -0.3 is 11.1 Å². The van der Waals surface area contributed by atoms with E-state index in [1.165, 1.54) is 12.1 Å². The molecule has 0 spiro atoms. The first-order valence-corrected chi connectivity index (χ1v) is 5.46. The molecule has 0 saturated carbocycles. The zero-order chi connectivity index (χ0) is 11.1. The quantitative estimate of drug-likeness (QED) is 0.706. The van der Waals surface area contributed by atoms with Crippen LogP contribution in [0.4, 0.5) is 4.39 Å². The fraction of sp³-hybridized carbons (Fsp3) is 0.500. The van der Waals surface area contributed by atoms with Crippen molar-refractivity contribution in [3.63, 3.8) is 0 Å². The van der Waals surface area contributed by atoms with Gasteiger partial charge in [-0.2, -0.15) is 0 Å². The number of rotatable bonds is 6. The summed E-state index contributed by atoms with van der Waals surface area (Å²) in [6.45, 7) is 3.72. The van der Waals surface area contributed by atoms with E-state index in [2.05, 4.69) is 12.2 Å². The maximum Gasteiger partial charge on any atom is 0.123 e. The molecule has 0 bridgehead atoms. The largest absolute Gasteiger partial charge is 0.330 e. The minimum Gasteiger partial charge on any atom is -0.330 e. The van der Waals surface area contributed by atoms with E-state index in [1.54, 1.807) is 0 Å². The number of benzene rings is 1. The van der Waals surface area contributed by atoms with Gasteiger partial charge in [0.1, 0.15) is 5.82 Å². The molecule has 1 aromatic carbocycles. The molecule has 3 N–H and O–H groups in total. The average Bonchev–Trinajstić information content (AvgIpc) is 2.26. The van der Waals surface area contributed by atoms with Crippen molar-refractivity contribution in [3.8, 4) is 0 Å². The zero-order valence-electron chi connectivity index (χ0n) is 9.17. The first-order chi connectivity index (χ1) is 7.27. The lowest BCUT2D eigenvalue weighted by Crippen LogP contribution is -2.23. The van der Waals surface area contributed by atoms with Gasteiger partial charge in [-0.15, -0.1) is 0 Å². The molecule has 1 unspecified atom stereocenters. The van der Waals surface area contributed by atoms with Crippen LogP contribution in [0.3, 0.4) is 0 Å². The Kier molecular flexibility index (Phi) is 5.29. The molecule has 0 heterocycles. The van der Waals surface area contributed by atoms with Crippen LogP contribution in [0.25, 0.3) is 0 Å². The highest BCUT2D eigenvalue weighted by Crippen LogP contribution is 2.16. The minimum absolute atomic E-state index is 0.185. The SMILES string of the molecule is CCC(NCCCN)c1ccc(F)cc1. The molecule has 0 aliphatic heterocycles. The molecule has 3 heteroatoms. The summed E-state index contributed by atoms with van der Waals surface area (Å²) in [6.07, 6.45) is 1.97. The van der Waals surface area contributed by atoms with Gasteiger partial charge in [0.15, 0.2) is 0 Å². The van der Waals surface area contributed by atoms with Crippen molar-refractivity contribution in [3.05, 3.63) is 35.6 Å². The monoisotopic (exact) mass is 210 g/mol. The van der Waals surface area contributed by atoms with Gasteiger partial charge in [0.25, 0.3) is 0 Å². The van der Waals surface area contributed by atoms with Crippen LogP contribution in [0, 0.1) is 5.82 Å². The second-order valence-electron chi connectivity index (χ2n) is 3.61. The lowest BCUT2D eigenvalue weighted by Gasteiger charge is -2.17. The van der Waals surface area contributed by atoms with E-state index >= 15 is 0 Å². The fourth-order valence-electron chi connectivity index (χ4n) is 1.57. The van der Waals surface area contributed by atoms with Crippen LogP contribution in [-0.2, 0) is 0 Å². The molecule has 0 radical (unpaired) electrons. The lowest BCUT2D eigenvalue weighted by molar-refractivity contribution is 0.511. The topological polar surface area (TPSA) is 38.0 Å². The normalized spacial score (nSPS) is 12.7.